The van der Waals surface area contributed by atoms with E-state index in [0.717, 1.165) is 30.0 Å². The number of nitrogens with one attached hydrogen (secondary N) is 2. The number of guanidine groups is 1. The van der Waals surface area contributed by atoms with Crippen LogP contribution in [0.4, 0.5) is 0 Å². The van der Waals surface area contributed by atoms with E-state index >= 15 is 0 Å². The summed E-state index contributed by atoms with van der Waals surface area (Å²) in [5, 5.41) is 6.25. The summed E-state index contributed by atoms with van der Waals surface area (Å²) in [6.45, 7) is 3.84. The van der Waals surface area contributed by atoms with E-state index in [1.165, 1.54) is 0 Å². The van der Waals surface area contributed by atoms with Gasteiger partial charge in [-0.25, -0.2) is 4.99 Å². The first-order valence-electron chi connectivity index (χ1n) is 7.71. The highest BCUT2D eigenvalue weighted by molar-refractivity contribution is 14.0. The van der Waals surface area contributed by atoms with Crippen LogP contribution in [0, 0.1) is 0 Å². The van der Waals surface area contributed by atoms with Gasteiger partial charge in [-0.05, 0) is 24.1 Å². The number of fused-ring (bicyclic) bond motifs is 1. The van der Waals surface area contributed by atoms with Gasteiger partial charge in [0.25, 0.3) is 0 Å². The number of aliphatic imine (C=N–C) groups is 1. The van der Waals surface area contributed by atoms with Gasteiger partial charge < -0.3 is 25.0 Å². The molecule has 1 aromatic carbocycles. The lowest BCUT2D eigenvalue weighted by Gasteiger charge is -2.14. The summed E-state index contributed by atoms with van der Waals surface area (Å²) in [5.74, 6) is 2.13. The van der Waals surface area contributed by atoms with E-state index in [1.807, 2.05) is 18.2 Å². The van der Waals surface area contributed by atoms with E-state index in [-0.39, 0.29) is 43.2 Å². The van der Waals surface area contributed by atoms with Crippen LogP contribution in [0.1, 0.15) is 18.9 Å². The number of halogens is 1. The molecule has 0 fully saturated rings. The Labute approximate surface area is 159 Å². The van der Waals surface area contributed by atoms with Crippen LogP contribution in [0.2, 0.25) is 0 Å². The number of hydrogen-bond donors (Lipinski definition) is 2. The van der Waals surface area contributed by atoms with Crippen molar-refractivity contribution in [1.82, 2.24) is 15.5 Å². The molecule has 0 spiro atoms. The lowest BCUT2D eigenvalue weighted by molar-refractivity contribution is -0.127. The van der Waals surface area contributed by atoms with Crippen LogP contribution in [0.25, 0.3) is 0 Å². The lowest BCUT2D eigenvalue weighted by atomic mass is 10.2. The predicted molar refractivity (Wildman–Crippen MR) is 104 cm³/mol. The molecule has 0 unspecified atom stereocenters. The molecule has 1 aromatic rings. The molecular formula is C16H25IN4O3. The molecule has 0 aliphatic carbocycles. The number of likely N-dealkylation sites (N-methyl/N-ethyl adjacent to an activating group) is 1. The topological polar surface area (TPSA) is 75.2 Å². The summed E-state index contributed by atoms with van der Waals surface area (Å²) in [4.78, 5) is 17.7. The van der Waals surface area contributed by atoms with Crippen molar-refractivity contribution in [3.05, 3.63) is 23.8 Å². The first-order valence-corrected chi connectivity index (χ1v) is 7.71. The molecule has 24 heavy (non-hydrogen) atoms. The van der Waals surface area contributed by atoms with Crippen LogP contribution < -0.4 is 20.1 Å². The third-order valence-electron chi connectivity index (χ3n) is 3.31. The second kappa shape index (κ2) is 10.2. The van der Waals surface area contributed by atoms with Crippen molar-refractivity contribution in [3.8, 4) is 11.5 Å². The van der Waals surface area contributed by atoms with Crippen molar-refractivity contribution in [2.75, 3.05) is 34.0 Å². The molecule has 8 heteroatoms. The van der Waals surface area contributed by atoms with E-state index in [2.05, 4.69) is 22.5 Å². The molecule has 0 atom stereocenters. The van der Waals surface area contributed by atoms with E-state index < -0.39 is 0 Å². The van der Waals surface area contributed by atoms with E-state index in [4.69, 9.17) is 9.47 Å². The second-order valence-electron chi connectivity index (χ2n) is 5.42. The average molecular weight is 448 g/mol. The maximum absolute atomic E-state index is 11.7. The molecule has 7 nitrogen and oxygen atoms in total. The van der Waals surface area contributed by atoms with Crippen molar-refractivity contribution < 1.29 is 14.3 Å². The zero-order valence-corrected chi connectivity index (χ0v) is 16.6. The number of carbonyl (C=O) groups excluding carboxylic acids is 1. The highest BCUT2D eigenvalue weighted by atomic mass is 127. The van der Waals surface area contributed by atoms with Gasteiger partial charge in [-0.2, -0.15) is 0 Å². The SMILES string of the molecule is CCCNC(=NCc1ccc2c(c1)OCO2)NCC(=O)N(C)C.I. The molecule has 1 aliphatic heterocycles. The van der Waals surface area contributed by atoms with Crippen LogP contribution >= 0.6 is 24.0 Å². The fourth-order valence-electron chi connectivity index (χ4n) is 1.94. The van der Waals surface area contributed by atoms with Crippen molar-refractivity contribution in [2.45, 2.75) is 19.9 Å². The minimum Gasteiger partial charge on any atom is -0.454 e. The first kappa shape index (κ1) is 20.3. The van der Waals surface area contributed by atoms with Crippen LogP contribution in [-0.4, -0.2) is 50.7 Å². The van der Waals surface area contributed by atoms with Crippen molar-refractivity contribution >= 4 is 35.8 Å². The van der Waals surface area contributed by atoms with Gasteiger partial charge in [-0.1, -0.05) is 13.0 Å². The Kier molecular flexibility index (Phi) is 8.66. The smallest absolute Gasteiger partial charge is 0.241 e. The molecule has 2 rings (SSSR count). The van der Waals surface area contributed by atoms with Crippen LogP contribution in [0.15, 0.2) is 23.2 Å². The summed E-state index contributed by atoms with van der Waals surface area (Å²) < 4.78 is 10.7. The van der Waals surface area contributed by atoms with Crippen molar-refractivity contribution in [2.24, 2.45) is 4.99 Å². The number of benzene rings is 1. The van der Waals surface area contributed by atoms with Gasteiger partial charge in [0.05, 0.1) is 13.1 Å². The fourth-order valence-corrected chi connectivity index (χ4v) is 1.94. The molecule has 1 amide bonds. The predicted octanol–water partition coefficient (Wildman–Crippen LogP) is 1.57. The van der Waals surface area contributed by atoms with Crippen LogP contribution in [0.5, 0.6) is 11.5 Å². The zero-order chi connectivity index (χ0) is 16.7. The molecule has 0 bridgehead atoms. The standard InChI is InChI=1S/C16H24N4O3.HI/c1-4-7-17-16(19-10-15(21)20(2)3)18-9-12-5-6-13-14(8-12)23-11-22-13;/h5-6,8H,4,7,9-11H2,1-3H3,(H2,17,18,19);1H. The quantitative estimate of drug-likeness (QED) is 0.393. The first-order chi connectivity index (χ1) is 11.1. The molecule has 1 heterocycles. The fraction of sp³-hybridized carbons (Fsp3) is 0.500. The number of hydrogen-bond acceptors (Lipinski definition) is 4. The minimum absolute atomic E-state index is 0. The van der Waals surface area contributed by atoms with Crippen molar-refractivity contribution in [1.29, 1.82) is 0 Å². The largest absolute Gasteiger partial charge is 0.454 e. The number of rotatable bonds is 6. The average Bonchev–Trinajstić information content (AvgIpc) is 3.01. The normalized spacial score (nSPS) is 12.4. The number of carbonyl (C=O) groups is 1. The summed E-state index contributed by atoms with van der Waals surface area (Å²) >= 11 is 0. The Bertz CT molecular complexity index is 578. The van der Waals surface area contributed by atoms with Gasteiger partial charge in [0, 0.05) is 20.6 Å². The Hall–Kier alpha value is -1.71. The Balaban J connectivity index is 0.00000288. The summed E-state index contributed by atoms with van der Waals surface area (Å²) in [5.41, 5.74) is 1.02. The van der Waals surface area contributed by atoms with Gasteiger partial charge in [-0.15, -0.1) is 24.0 Å². The van der Waals surface area contributed by atoms with Crippen LogP contribution in [0.3, 0.4) is 0 Å². The maximum Gasteiger partial charge on any atom is 0.241 e. The molecule has 0 saturated heterocycles. The molecule has 0 saturated carbocycles. The van der Waals surface area contributed by atoms with Gasteiger partial charge in [0.15, 0.2) is 17.5 Å². The van der Waals surface area contributed by atoms with E-state index in [0.29, 0.717) is 12.5 Å². The zero-order valence-electron chi connectivity index (χ0n) is 14.3. The monoisotopic (exact) mass is 448 g/mol. The third-order valence-corrected chi connectivity index (χ3v) is 3.31. The number of amides is 1. The highest BCUT2D eigenvalue weighted by Gasteiger charge is 2.13. The molecule has 1 aliphatic rings. The van der Waals surface area contributed by atoms with E-state index in [9.17, 15) is 4.79 Å². The number of ether oxygens (including phenoxy) is 2. The van der Waals surface area contributed by atoms with E-state index in [1.54, 1.807) is 19.0 Å². The summed E-state index contributed by atoms with van der Waals surface area (Å²) in [6, 6.07) is 5.77. The Morgan fingerprint density at radius 1 is 1.25 bits per heavy atom. The molecule has 0 radical (unpaired) electrons. The lowest BCUT2D eigenvalue weighted by Crippen LogP contribution is -2.43. The summed E-state index contributed by atoms with van der Waals surface area (Å²) in [7, 11) is 3.46. The van der Waals surface area contributed by atoms with Gasteiger partial charge in [0.2, 0.25) is 12.7 Å². The highest BCUT2D eigenvalue weighted by Crippen LogP contribution is 2.32. The van der Waals surface area contributed by atoms with Gasteiger partial charge >= 0.3 is 0 Å². The maximum atomic E-state index is 11.7. The van der Waals surface area contributed by atoms with Gasteiger partial charge in [-0.3, -0.25) is 4.79 Å². The Morgan fingerprint density at radius 2 is 2.00 bits per heavy atom. The second-order valence-corrected chi connectivity index (χ2v) is 5.42. The van der Waals surface area contributed by atoms with Gasteiger partial charge in [0.1, 0.15) is 0 Å². The third kappa shape index (κ3) is 6.06. The molecule has 2 N–H and O–H groups in total. The minimum atomic E-state index is -0.000854. The molecular weight excluding hydrogens is 423 g/mol. The van der Waals surface area contributed by atoms with Crippen molar-refractivity contribution in [3.63, 3.8) is 0 Å². The molecule has 0 aromatic heterocycles. The van der Waals surface area contributed by atoms with Crippen LogP contribution in [-0.2, 0) is 11.3 Å². The number of nitrogens with zero attached hydrogens (tertiary/aromatic N) is 2. The molecule has 134 valence electrons. The summed E-state index contributed by atoms with van der Waals surface area (Å²) in [6.07, 6.45) is 0.979. The Morgan fingerprint density at radius 3 is 2.71 bits per heavy atom.